The molecule has 0 aromatic heterocycles. The molecule has 0 saturated carbocycles. The normalized spacial score (nSPS) is 20.5. The summed E-state index contributed by atoms with van der Waals surface area (Å²) in [6.45, 7) is 2.84. The number of nitrogens with one attached hydrogen (secondary N) is 1. The molecule has 1 heterocycles. The Balaban J connectivity index is 1.92. The van der Waals surface area contributed by atoms with Gasteiger partial charge in [-0.05, 0) is 31.2 Å². The predicted molar refractivity (Wildman–Crippen MR) is 62.9 cm³/mol. The Kier molecular flexibility index (Phi) is 3.73. The van der Waals surface area contributed by atoms with Crippen molar-refractivity contribution in [3.8, 4) is 5.75 Å². The van der Waals surface area contributed by atoms with E-state index in [1.165, 1.54) is 6.42 Å². The summed E-state index contributed by atoms with van der Waals surface area (Å²) in [6, 6.07) is 5.30. The molecular weight excluding hydrogens is 233 g/mol. The molecule has 1 fully saturated rings. The van der Waals surface area contributed by atoms with E-state index in [9.17, 15) is 0 Å². The maximum atomic E-state index is 5.99. The molecule has 2 nitrogen and oxygen atoms in total. The lowest BCUT2D eigenvalue weighted by molar-refractivity contribution is 0.260. The molecule has 1 aromatic rings. The Bertz CT molecular complexity index is 337. The van der Waals surface area contributed by atoms with Crippen LogP contribution in [0.2, 0.25) is 10.0 Å². The first-order valence-corrected chi connectivity index (χ1v) is 5.80. The van der Waals surface area contributed by atoms with Gasteiger partial charge < -0.3 is 10.1 Å². The van der Waals surface area contributed by atoms with Crippen LogP contribution in [0.15, 0.2) is 18.2 Å². The van der Waals surface area contributed by atoms with Crippen molar-refractivity contribution in [2.75, 3.05) is 19.7 Å². The third-order valence-electron chi connectivity index (χ3n) is 2.53. The van der Waals surface area contributed by atoms with Crippen LogP contribution in [-0.4, -0.2) is 19.7 Å². The molecule has 82 valence electrons. The average Bonchev–Trinajstić information content (AvgIpc) is 2.69. The van der Waals surface area contributed by atoms with E-state index < -0.39 is 0 Å². The van der Waals surface area contributed by atoms with Gasteiger partial charge in [0, 0.05) is 17.5 Å². The molecule has 0 bridgehead atoms. The van der Waals surface area contributed by atoms with Crippen molar-refractivity contribution in [2.45, 2.75) is 6.42 Å². The molecule has 1 aliphatic heterocycles. The molecule has 1 saturated heterocycles. The minimum atomic E-state index is 0.577. The Morgan fingerprint density at radius 3 is 2.93 bits per heavy atom. The second-order valence-corrected chi connectivity index (χ2v) is 4.59. The van der Waals surface area contributed by atoms with Gasteiger partial charge in [0.1, 0.15) is 5.75 Å². The van der Waals surface area contributed by atoms with Crippen LogP contribution in [0, 0.1) is 5.92 Å². The van der Waals surface area contributed by atoms with Gasteiger partial charge in [0.25, 0.3) is 0 Å². The maximum absolute atomic E-state index is 5.99. The average molecular weight is 246 g/mol. The predicted octanol–water partition coefficient (Wildman–Crippen LogP) is 2.98. The van der Waals surface area contributed by atoms with Crippen LogP contribution in [0.1, 0.15) is 6.42 Å². The van der Waals surface area contributed by atoms with E-state index in [4.69, 9.17) is 27.9 Å². The quantitative estimate of drug-likeness (QED) is 0.885. The minimum absolute atomic E-state index is 0.577. The standard InChI is InChI=1S/C11H13Cl2NO/c12-9-1-2-11(10(13)5-9)15-7-8-3-4-14-6-8/h1-2,5,8,14H,3-4,6-7H2/t8-/m1/s1. The van der Waals surface area contributed by atoms with Gasteiger partial charge in [-0.2, -0.15) is 0 Å². The fraction of sp³-hybridized carbons (Fsp3) is 0.455. The van der Waals surface area contributed by atoms with Crippen LogP contribution < -0.4 is 10.1 Å². The first-order valence-electron chi connectivity index (χ1n) is 5.04. The van der Waals surface area contributed by atoms with Crippen molar-refractivity contribution in [1.82, 2.24) is 5.32 Å². The first-order chi connectivity index (χ1) is 7.25. The maximum Gasteiger partial charge on any atom is 0.137 e. The Morgan fingerprint density at radius 2 is 2.27 bits per heavy atom. The monoisotopic (exact) mass is 245 g/mol. The zero-order chi connectivity index (χ0) is 10.7. The highest BCUT2D eigenvalue weighted by Gasteiger charge is 2.15. The number of halogens is 2. The second-order valence-electron chi connectivity index (χ2n) is 3.74. The van der Waals surface area contributed by atoms with Crippen molar-refractivity contribution in [1.29, 1.82) is 0 Å². The summed E-state index contributed by atoms with van der Waals surface area (Å²) in [5, 5.41) is 4.51. The highest BCUT2D eigenvalue weighted by atomic mass is 35.5. The molecule has 15 heavy (non-hydrogen) atoms. The van der Waals surface area contributed by atoms with Crippen LogP contribution in [0.3, 0.4) is 0 Å². The van der Waals surface area contributed by atoms with Crippen LogP contribution in [0.5, 0.6) is 5.75 Å². The van der Waals surface area contributed by atoms with E-state index in [1.54, 1.807) is 12.1 Å². The van der Waals surface area contributed by atoms with Gasteiger partial charge in [0.05, 0.1) is 11.6 Å². The molecule has 0 radical (unpaired) electrons. The molecule has 1 N–H and O–H groups in total. The smallest absolute Gasteiger partial charge is 0.137 e. The molecule has 2 rings (SSSR count). The van der Waals surface area contributed by atoms with E-state index in [1.807, 2.05) is 6.07 Å². The zero-order valence-electron chi connectivity index (χ0n) is 8.30. The molecule has 4 heteroatoms. The number of ether oxygens (including phenoxy) is 1. The van der Waals surface area contributed by atoms with Gasteiger partial charge in [-0.25, -0.2) is 0 Å². The largest absolute Gasteiger partial charge is 0.492 e. The van der Waals surface area contributed by atoms with Gasteiger partial charge in [-0.1, -0.05) is 23.2 Å². The summed E-state index contributed by atoms with van der Waals surface area (Å²) in [5.74, 6) is 1.31. The van der Waals surface area contributed by atoms with Crippen molar-refractivity contribution >= 4 is 23.2 Å². The topological polar surface area (TPSA) is 21.3 Å². The lowest BCUT2D eigenvalue weighted by Gasteiger charge is -2.11. The number of rotatable bonds is 3. The van der Waals surface area contributed by atoms with E-state index >= 15 is 0 Å². The summed E-state index contributed by atoms with van der Waals surface area (Å²) >= 11 is 11.8. The zero-order valence-corrected chi connectivity index (χ0v) is 9.81. The summed E-state index contributed by atoms with van der Waals surface area (Å²) in [5.41, 5.74) is 0. The number of hydrogen-bond donors (Lipinski definition) is 1. The molecule has 1 aromatic carbocycles. The van der Waals surface area contributed by atoms with Crippen LogP contribution in [0.25, 0.3) is 0 Å². The van der Waals surface area contributed by atoms with Crippen LogP contribution >= 0.6 is 23.2 Å². The van der Waals surface area contributed by atoms with Crippen molar-refractivity contribution in [3.63, 3.8) is 0 Å². The van der Waals surface area contributed by atoms with E-state index in [2.05, 4.69) is 5.32 Å². The number of hydrogen-bond acceptors (Lipinski definition) is 2. The van der Waals surface area contributed by atoms with Gasteiger partial charge in [-0.15, -0.1) is 0 Å². The third-order valence-corrected chi connectivity index (χ3v) is 3.06. The van der Waals surface area contributed by atoms with E-state index in [-0.39, 0.29) is 0 Å². The Hall–Kier alpha value is -0.440. The van der Waals surface area contributed by atoms with Crippen molar-refractivity contribution in [3.05, 3.63) is 28.2 Å². The summed E-state index contributed by atoms with van der Waals surface area (Å²) in [7, 11) is 0. The summed E-state index contributed by atoms with van der Waals surface area (Å²) in [6.07, 6.45) is 1.17. The van der Waals surface area contributed by atoms with Gasteiger partial charge >= 0.3 is 0 Å². The summed E-state index contributed by atoms with van der Waals surface area (Å²) < 4.78 is 5.65. The lowest BCUT2D eigenvalue weighted by Crippen LogP contribution is -2.15. The number of benzene rings is 1. The van der Waals surface area contributed by atoms with Crippen molar-refractivity contribution in [2.24, 2.45) is 5.92 Å². The minimum Gasteiger partial charge on any atom is -0.492 e. The lowest BCUT2D eigenvalue weighted by atomic mass is 10.1. The molecule has 1 atom stereocenters. The fourth-order valence-electron chi connectivity index (χ4n) is 1.66. The molecule has 0 unspecified atom stereocenters. The van der Waals surface area contributed by atoms with E-state index in [0.29, 0.717) is 28.3 Å². The van der Waals surface area contributed by atoms with Gasteiger partial charge in [0.15, 0.2) is 0 Å². The summed E-state index contributed by atoms with van der Waals surface area (Å²) in [4.78, 5) is 0. The second kappa shape index (κ2) is 5.06. The van der Waals surface area contributed by atoms with E-state index in [0.717, 1.165) is 13.1 Å². The molecule has 0 aliphatic carbocycles. The van der Waals surface area contributed by atoms with Crippen LogP contribution in [-0.2, 0) is 0 Å². The highest BCUT2D eigenvalue weighted by Crippen LogP contribution is 2.28. The van der Waals surface area contributed by atoms with Gasteiger partial charge in [0.2, 0.25) is 0 Å². The Morgan fingerprint density at radius 1 is 1.40 bits per heavy atom. The van der Waals surface area contributed by atoms with Crippen LogP contribution in [0.4, 0.5) is 0 Å². The molecule has 1 aliphatic rings. The first kappa shape index (κ1) is 11.1. The Labute approximate surface area is 99.5 Å². The molecular formula is C11H13Cl2NO. The van der Waals surface area contributed by atoms with Gasteiger partial charge in [-0.3, -0.25) is 0 Å². The highest BCUT2D eigenvalue weighted by molar-refractivity contribution is 6.35. The van der Waals surface area contributed by atoms with Crippen molar-refractivity contribution < 1.29 is 4.74 Å². The molecule has 0 amide bonds. The fourth-order valence-corrected chi connectivity index (χ4v) is 2.12. The third kappa shape index (κ3) is 3.00. The molecule has 0 spiro atoms. The SMILES string of the molecule is Clc1ccc(OC[C@@H]2CCNC2)c(Cl)c1.